The summed E-state index contributed by atoms with van der Waals surface area (Å²) in [6, 6.07) is 16.4. The second kappa shape index (κ2) is 15.6. The number of benzene rings is 2. The van der Waals surface area contributed by atoms with E-state index in [-0.39, 0.29) is 42.2 Å². The van der Waals surface area contributed by atoms with Crippen LogP contribution in [0, 0.1) is 58.2 Å². The lowest BCUT2D eigenvalue weighted by Crippen LogP contribution is -2.46. The van der Waals surface area contributed by atoms with Crippen LogP contribution in [0.4, 0.5) is 4.39 Å². The van der Waals surface area contributed by atoms with Crippen molar-refractivity contribution in [2.75, 3.05) is 7.15 Å². The van der Waals surface area contributed by atoms with Gasteiger partial charge in [0, 0.05) is 16.6 Å². The molecule has 8 atom stereocenters. The number of carboxylic acid groups (broad SMARTS) is 1. The molecule has 4 unspecified atom stereocenters. The molecule has 0 bridgehead atoms. The van der Waals surface area contributed by atoms with E-state index in [1.165, 1.54) is 24.3 Å². The van der Waals surface area contributed by atoms with Crippen LogP contribution in [0.1, 0.15) is 94.0 Å². The van der Waals surface area contributed by atoms with E-state index in [4.69, 9.17) is 22.7 Å². The number of nitrogens with one attached hydrogen (secondary N) is 1. The number of nitrogens with zero attached hydrogens (tertiary/aromatic N) is 2. The Morgan fingerprint density at radius 3 is 1.50 bits per heavy atom. The number of amides is 1. The fourth-order valence-electron chi connectivity index (χ4n) is 7.63. The fourth-order valence-corrected chi connectivity index (χ4v) is 7.63. The first-order chi connectivity index (χ1) is 21.6. The van der Waals surface area contributed by atoms with Crippen LogP contribution >= 0.6 is 0 Å². The first-order valence-corrected chi connectivity index (χ1v) is 15.1. The average Bonchev–Trinajstić information content (AvgIpc) is 3.77. The number of carboxylic acids is 1. The van der Waals surface area contributed by atoms with E-state index >= 15 is 0 Å². The van der Waals surface area contributed by atoms with E-state index in [2.05, 4.69) is 33.0 Å². The highest BCUT2D eigenvalue weighted by Gasteiger charge is 2.62. The van der Waals surface area contributed by atoms with Crippen LogP contribution in [0.25, 0.3) is 0 Å². The van der Waals surface area contributed by atoms with Crippen molar-refractivity contribution in [3.63, 3.8) is 0 Å². The van der Waals surface area contributed by atoms with Crippen molar-refractivity contribution >= 4 is 11.9 Å². The van der Waals surface area contributed by atoms with Gasteiger partial charge in [0.25, 0.3) is 5.91 Å². The number of rotatable bonds is 5. The van der Waals surface area contributed by atoms with Gasteiger partial charge in [-0.05, 0) is 137 Å². The zero-order valence-corrected chi connectivity index (χ0v) is 26.3. The number of fused-ring (bicyclic) bond motifs is 2. The van der Waals surface area contributed by atoms with Crippen molar-refractivity contribution in [2.45, 2.75) is 84.1 Å². The van der Waals surface area contributed by atoms with Crippen LogP contribution in [-0.4, -0.2) is 57.6 Å². The summed E-state index contributed by atoms with van der Waals surface area (Å²) >= 11 is 0. The fraction of sp³-hybridized carbons (Fsp3) is 0.556. The van der Waals surface area contributed by atoms with Crippen molar-refractivity contribution in [3.05, 3.63) is 70.8 Å². The third-order valence-electron chi connectivity index (χ3n) is 9.51. The van der Waals surface area contributed by atoms with E-state index in [0.29, 0.717) is 40.4 Å². The maximum absolute atomic E-state index is 12.3. The lowest BCUT2D eigenvalue weighted by atomic mass is 9.91. The number of nitrogens with two attached hydrogens (primary N) is 1. The summed E-state index contributed by atoms with van der Waals surface area (Å²) < 4.78 is 15.5. The molecule has 0 aliphatic heterocycles. The summed E-state index contributed by atoms with van der Waals surface area (Å²) in [5.41, 5.74) is 7.51. The van der Waals surface area contributed by atoms with Crippen LogP contribution in [0.2, 0.25) is 0 Å². The molecule has 10 heteroatoms. The first-order valence-electron chi connectivity index (χ1n) is 15.8. The monoisotopic (exact) mass is 637 g/mol. The van der Waals surface area contributed by atoms with E-state index in [1.54, 1.807) is 24.3 Å². The van der Waals surface area contributed by atoms with E-state index in [0.717, 1.165) is 37.5 Å². The van der Waals surface area contributed by atoms with E-state index in [9.17, 15) is 24.2 Å². The quantitative estimate of drug-likeness (QED) is 0.293. The molecule has 46 heavy (non-hydrogen) atoms. The van der Waals surface area contributed by atoms with Gasteiger partial charge in [0.15, 0.2) is 0 Å². The number of alkyl halides is 1. The molecular weight excluding hydrogens is 587 g/mol. The summed E-state index contributed by atoms with van der Waals surface area (Å²) in [7, 11) is -1.00. The van der Waals surface area contributed by atoms with Crippen molar-refractivity contribution < 1.29 is 30.7 Å². The average molecular weight is 638 g/mol. The number of carbonyl (C=O) groups is 2. The molecule has 1 amide bonds. The number of halogens is 1. The van der Waals surface area contributed by atoms with Crippen LogP contribution in [0.3, 0.4) is 0 Å². The highest BCUT2D eigenvalue weighted by atomic mass is 19.1. The predicted molar refractivity (Wildman–Crippen MR) is 174 cm³/mol. The second-order valence-corrected chi connectivity index (χ2v) is 13.6. The van der Waals surface area contributed by atoms with Gasteiger partial charge in [-0.25, -0.2) is 4.79 Å². The Bertz CT molecular complexity index is 1410. The van der Waals surface area contributed by atoms with Gasteiger partial charge >= 0.3 is 5.97 Å². The molecule has 0 radical (unpaired) electrons. The minimum Gasteiger partial charge on any atom is -0.478 e. The maximum Gasteiger partial charge on any atom is 0.335 e. The number of hydrogen-bond acceptors (Lipinski definition) is 7. The molecule has 0 heterocycles. The molecule has 9 nitrogen and oxygen atoms in total. The van der Waals surface area contributed by atoms with Crippen molar-refractivity contribution in [2.24, 2.45) is 41.2 Å². The number of aromatic carboxylic acids is 1. The Morgan fingerprint density at radius 2 is 1.17 bits per heavy atom. The first kappa shape index (κ1) is 36.6. The summed E-state index contributed by atoms with van der Waals surface area (Å²) in [6.07, 6.45) is 3.55. The molecular formula is C36H49FN4O5. The van der Waals surface area contributed by atoms with Gasteiger partial charge in [0.1, 0.15) is 0 Å². The third kappa shape index (κ3) is 9.35. The molecule has 0 spiro atoms. The lowest BCUT2D eigenvalue weighted by Gasteiger charge is -2.29. The smallest absolute Gasteiger partial charge is 0.335 e. The molecule has 2 aromatic rings. The summed E-state index contributed by atoms with van der Waals surface area (Å²) in [5.74, 6) is 2.65. The predicted octanol–water partition coefficient (Wildman–Crippen LogP) is 5.30. The molecule has 6 rings (SSSR count). The minimum atomic E-state index is -1.00. The van der Waals surface area contributed by atoms with Gasteiger partial charge in [0.05, 0.1) is 49.6 Å². The number of hydrogen-bond donors (Lipinski definition) is 5. The van der Waals surface area contributed by atoms with E-state index in [1.807, 2.05) is 12.1 Å². The van der Waals surface area contributed by atoms with Crippen LogP contribution in [-0.2, 0) is 0 Å². The minimum absolute atomic E-state index is 0. The molecule has 6 N–H and O–H groups in total. The number of aliphatic hydroxyl groups excluding tert-OH is 2. The summed E-state index contributed by atoms with van der Waals surface area (Å²) in [4.78, 5) is 22.7. The van der Waals surface area contributed by atoms with Gasteiger partial charge in [-0.3, -0.25) is 9.18 Å². The van der Waals surface area contributed by atoms with Crippen LogP contribution in [0.5, 0.6) is 0 Å². The number of aliphatic hydroxyl groups is 2. The topological polar surface area (TPSA) is 180 Å². The molecule has 4 fully saturated rings. The van der Waals surface area contributed by atoms with Gasteiger partial charge in [-0.1, -0.05) is 7.43 Å². The molecule has 250 valence electrons. The highest BCUT2D eigenvalue weighted by Crippen LogP contribution is 2.62. The van der Waals surface area contributed by atoms with E-state index < -0.39 is 13.1 Å². The molecule has 0 aromatic heterocycles. The van der Waals surface area contributed by atoms with Crippen LogP contribution in [0.15, 0.2) is 48.5 Å². The SMILES string of the molecule is C.CC(C)(N)C1[C@H]2CC(O)C[C@@H]12.CC(C)(NC(=O)c1ccc(C#N)cc1)C1[C@H]2CC(O)C[C@@H]12.N#Cc1ccc(C(=O)O)cc1.[2H]CF. The lowest BCUT2D eigenvalue weighted by molar-refractivity contribution is 0.0696. The van der Waals surface area contributed by atoms with Crippen molar-refractivity contribution in [3.8, 4) is 12.1 Å². The van der Waals surface area contributed by atoms with Gasteiger partial charge in [0.2, 0.25) is 0 Å². The molecule has 4 saturated carbocycles. The molecule has 4 aliphatic carbocycles. The molecule has 4 aliphatic rings. The Morgan fingerprint density at radius 1 is 0.826 bits per heavy atom. The number of carbonyl (C=O) groups excluding carboxylic acids is 1. The molecule has 0 saturated heterocycles. The zero-order valence-electron chi connectivity index (χ0n) is 27.3. The number of nitriles is 2. The summed E-state index contributed by atoms with van der Waals surface area (Å²) in [6.45, 7) is 8.32. The Labute approximate surface area is 273 Å². The highest BCUT2D eigenvalue weighted by molar-refractivity contribution is 5.94. The second-order valence-electron chi connectivity index (χ2n) is 13.6. The Hall–Kier alpha value is -3.83. The third-order valence-corrected chi connectivity index (χ3v) is 9.51. The normalized spacial score (nSPS) is 28.1. The maximum atomic E-state index is 12.3. The zero-order chi connectivity index (χ0) is 34.4. The largest absolute Gasteiger partial charge is 0.478 e. The standard InChI is InChI=1S/C17H20N2O2.C9H17NO.C8H5NO2.CH3F.CH4/c1-17(2,15-13-7-12(20)8-14(13)15)19-16(21)11-5-3-10(9-18)4-6-11;1-9(2,10)8-6-3-5(11)4-7(6)8;9-5-6-1-3-7(4-2-6)8(10)11;1-2;/h3-6,12-15,20H,7-8H2,1-2H3,(H,19,21);5-8,11H,3-4,10H2,1-2H3;1-4H,(H,10,11);1H3;1H4/t12?,13-,14+,15?;5?,6-,7+,8?;;;/i;;;1D;. The Balaban J connectivity index is 0.000000251. The van der Waals surface area contributed by atoms with Crippen molar-refractivity contribution in [1.29, 1.82) is 10.5 Å². The van der Waals surface area contributed by atoms with Gasteiger partial charge < -0.3 is 26.4 Å². The molecule has 2 aromatic carbocycles. The van der Waals surface area contributed by atoms with Gasteiger partial charge in [-0.2, -0.15) is 10.5 Å². The van der Waals surface area contributed by atoms with Crippen LogP contribution < -0.4 is 11.1 Å². The summed E-state index contributed by atoms with van der Waals surface area (Å²) in [5, 5.41) is 47.6. The Kier molecular flexibility index (Phi) is 12.5. The van der Waals surface area contributed by atoms with Gasteiger partial charge in [-0.15, -0.1) is 0 Å². The van der Waals surface area contributed by atoms with Crippen molar-refractivity contribution in [1.82, 2.24) is 5.32 Å².